The first-order valence-corrected chi connectivity index (χ1v) is 7.95. The molecule has 1 fully saturated rings. The van der Waals surface area contributed by atoms with E-state index in [0.717, 1.165) is 37.4 Å². The number of nitrogens with one attached hydrogen (secondary N) is 1. The van der Waals surface area contributed by atoms with Gasteiger partial charge >= 0.3 is 0 Å². The van der Waals surface area contributed by atoms with Gasteiger partial charge in [-0.05, 0) is 42.9 Å². The lowest BCUT2D eigenvalue weighted by Gasteiger charge is -2.30. The van der Waals surface area contributed by atoms with Crippen LogP contribution in [0.2, 0.25) is 0 Å². The van der Waals surface area contributed by atoms with Crippen molar-refractivity contribution in [2.45, 2.75) is 32.6 Å². The molecule has 0 unspecified atom stereocenters. The Labute approximate surface area is 130 Å². The van der Waals surface area contributed by atoms with Gasteiger partial charge in [0.15, 0.2) is 6.61 Å². The predicted molar refractivity (Wildman–Crippen MR) is 83.9 cm³/mol. The first kappa shape index (κ1) is 14.9. The largest absolute Gasteiger partial charge is 0.482 e. The third-order valence-corrected chi connectivity index (χ3v) is 4.44. The third kappa shape index (κ3) is 3.40. The molecule has 1 aromatic carbocycles. The molecule has 0 saturated carbocycles. The van der Waals surface area contributed by atoms with E-state index in [9.17, 15) is 9.59 Å². The highest BCUT2D eigenvalue weighted by Crippen LogP contribution is 2.29. The van der Waals surface area contributed by atoms with Crippen LogP contribution in [0.3, 0.4) is 0 Å². The fourth-order valence-corrected chi connectivity index (χ4v) is 2.95. The van der Waals surface area contributed by atoms with Crippen molar-refractivity contribution in [2.75, 3.05) is 25.0 Å². The van der Waals surface area contributed by atoms with Crippen molar-refractivity contribution >= 4 is 17.5 Å². The molecule has 3 rings (SSSR count). The number of aryl methyl sites for hydroxylation is 1. The zero-order valence-corrected chi connectivity index (χ0v) is 12.9. The summed E-state index contributed by atoms with van der Waals surface area (Å²) in [5.74, 6) is 1.51. The van der Waals surface area contributed by atoms with Gasteiger partial charge in [0.2, 0.25) is 5.91 Å². The van der Waals surface area contributed by atoms with Gasteiger partial charge in [0.1, 0.15) is 5.75 Å². The number of anilines is 1. The minimum atomic E-state index is -0.136. The molecule has 0 spiro atoms. The number of likely N-dealkylation sites (tertiary alicyclic amines) is 1. The maximum absolute atomic E-state index is 12.3. The van der Waals surface area contributed by atoms with Crippen LogP contribution in [0.15, 0.2) is 18.2 Å². The second kappa shape index (κ2) is 6.38. The summed E-state index contributed by atoms with van der Waals surface area (Å²) in [6, 6.07) is 5.72. The Bertz CT molecular complexity index is 577. The van der Waals surface area contributed by atoms with E-state index in [2.05, 4.69) is 12.2 Å². The Morgan fingerprint density at radius 3 is 2.91 bits per heavy atom. The number of benzene rings is 1. The lowest BCUT2D eigenvalue weighted by atomic mass is 9.98. The minimum Gasteiger partial charge on any atom is -0.482 e. The average molecular weight is 302 g/mol. The normalized spacial score (nSPS) is 18.4. The van der Waals surface area contributed by atoms with Crippen LogP contribution in [0.5, 0.6) is 5.75 Å². The number of carbonyl (C=O) groups is 2. The summed E-state index contributed by atoms with van der Waals surface area (Å²) >= 11 is 0. The van der Waals surface area contributed by atoms with Crippen LogP contribution in [0, 0.1) is 5.92 Å². The number of ether oxygens (including phenoxy) is 1. The first-order valence-electron chi connectivity index (χ1n) is 7.95. The maximum Gasteiger partial charge on any atom is 0.262 e. The van der Waals surface area contributed by atoms with E-state index in [4.69, 9.17) is 4.74 Å². The maximum atomic E-state index is 12.3. The zero-order chi connectivity index (χ0) is 15.5. The molecule has 0 bridgehead atoms. The number of fused-ring (bicyclic) bond motifs is 1. The van der Waals surface area contributed by atoms with Crippen LogP contribution in [-0.4, -0.2) is 36.4 Å². The standard InChI is InChI=1S/C17H22N2O3/c1-12-6-8-19(9-7-12)17(21)5-3-13-2-4-15-14(10-13)18-16(20)11-22-15/h2,4,10,12H,3,5-9,11H2,1H3,(H,18,20). The van der Waals surface area contributed by atoms with Crippen molar-refractivity contribution in [1.29, 1.82) is 0 Å². The Kier molecular flexibility index (Phi) is 4.32. The van der Waals surface area contributed by atoms with Crippen molar-refractivity contribution in [1.82, 2.24) is 4.90 Å². The number of rotatable bonds is 3. The molecule has 118 valence electrons. The van der Waals surface area contributed by atoms with Crippen molar-refractivity contribution < 1.29 is 14.3 Å². The van der Waals surface area contributed by atoms with Crippen molar-refractivity contribution in [3.8, 4) is 5.75 Å². The molecule has 2 amide bonds. The highest BCUT2D eigenvalue weighted by Gasteiger charge is 2.20. The molecule has 2 heterocycles. The SMILES string of the molecule is CC1CCN(C(=O)CCc2ccc3c(c2)NC(=O)CO3)CC1. The summed E-state index contributed by atoms with van der Waals surface area (Å²) in [5, 5.41) is 2.80. The van der Waals surface area contributed by atoms with Crippen LogP contribution in [-0.2, 0) is 16.0 Å². The van der Waals surface area contributed by atoms with Gasteiger partial charge in [0.05, 0.1) is 5.69 Å². The fourth-order valence-electron chi connectivity index (χ4n) is 2.95. The van der Waals surface area contributed by atoms with Gasteiger partial charge in [-0.25, -0.2) is 0 Å². The molecule has 0 aromatic heterocycles. The number of nitrogens with zero attached hydrogens (tertiary/aromatic N) is 1. The smallest absolute Gasteiger partial charge is 0.262 e. The van der Waals surface area contributed by atoms with Gasteiger partial charge in [-0.1, -0.05) is 13.0 Å². The van der Waals surface area contributed by atoms with Crippen LogP contribution >= 0.6 is 0 Å². The summed E-state index contributed by atoms with van der Waals surface area (Å²) in [6.07, 6.45) is 3.41. The second-order valence-electron chi connectivity index (χ2n) is 6.23. The molecule has 1 aromatic rings. The molecule has 5 heteroatoms. The molecule has 0 radical (unpaired) electrons. The van der Waals surface area contributed by atoms with E-state index in [-0.39, 0.29) is 18.4 Å². The Balaban J connectivity index is 1.56. The number of piperidine rings is 1. The van der Waals surface area contributed by atoms with Crippen molar-refractivity contribution in [2.24, 2.45) is 5.92 Å². The quantitative estimate of drug-likeness (QED) is 0.931. The zero-order valence-electron chi connectivity index (χ0n) is 12.9. The number of hydrogen-bond donors (Lipinski definition) is 1. The van der Waals surface area contributed by atoms with Gasteiger partial charge in [-0.3, -0.25) is 9.59 Å². The average Bonchev–Trinajstić information content (AvgIpc) is 2.53. The molecule has 2 aliphatic rings. The Morgan fingerprint density at radius 1 is 1.36 bits per heavy atom. The van der Waals surface area contributed by atoms with Gasteiger partial charge in [0, 0.05) is 19.5 Å². The van der Waals surface area contributed by atoms with Crippen LogP contribution in [0.1, 0.15) is 31.7 Å². The molecular weight excluding hydrogens is 280 g/mol. The minimum absolute atomic E-state index is 0.0677. The summed E-state index contributed by atoms with van der Waals surface area (Å²) < 4.78 is 5.33. The highest BCUT2D eigenvalue weighted by molar-refractivity contribution is 5.95. The molecule has 1 saturated heterocycles. The Hall–Kier alpha value is -2.04. The molecule has 5 nitrogen and oxygen atoms in total. The summed E-state index contributed by atoms with van der Waals surface area (Å²) in [4.78, 5) is 25.6. The van der Waals surface area contributed by atoms with Crippen LogP contribution in [0.4, 0.5) is 5.69 Å². The first-order chi connectivity index (χ1) is 10.6. The van der Waals surface area contributed by atoms with Gasteiger partial charge in [-0.2, -0.15) is 0 Å². The number of carbonyl (C=O) groups excluding carboxylic acids is 2. The van der Waals surface area contributed by atoms with E-state index in [1.165, 1.54) is 0 Å². The summed E-state index contributed by atoms with van der Waals surface area (Å²) in [5.41, 5.74) is 1.75. The fraction of sp³-hybridized carbons (Fsp3) is 0.529. The van der Waals surface area contributed by atoms with Gasteiger partial charge in [-0.15, -0.1) is 0 Å². The predicted octanol–water partition coefficient (Wildman–Crippen LogP) is 2.21. The number of hydrogen-bond acceptors (Lipinski definition) is 3. The lowest BCUT2D eigenvalue weighted by Crippen LogP contribution is -2.38. The van der Waals surface area contributed by atoms with Gasteiger partial charge < -0.3 is 15.0 Å². The van der Waals surface area contributed by atoms with E-state index in [1.54, 1.807) is 0 Å². The molecular formula is C17H22N2O3. The van der Waals surface area contributed by atoms with Crippen molar-refractivity contribution in [3.63, 3.8) is 0 Å². The molecule has 22 heavy (non-hydrogen) atoms. The molecule has 2 aliphatic heterocycles. The van der Waals surface area contributed by atoms with Gasteiger partial charge in [0.25, 0.3) is 5.91 Å². The number of amides is 2. The topological polar surface area (TPSA) is 58.6 Å². The summed E-state index contributed by atoms with van der Waals surface area (Å²) in [6.45, 7) is 4.08. The van der Waals surface area contributed by atoms with E-state index >= 15 is 0 Å². The highest BCUT2D eigenvalue weighted by atomic mass is 16.5. The molecule has 0 atom stereocenters. The third-order valence-electron chi connectivity index (χ3n) is 4.44. The monoisotopic (exact) mass is 302 g/mol. The molecule has 1 N–H and O–H groups in total. The Morgan fingerprint density at radius 2 is 2.14 bits per heavy atom. The van der Waals surface area contributed by atoms with Crippen LogP contribution in [0.25, 0.3) is 0 Å². The van der Waals surface area contributed by atoms with E-state index < -0.39 is 0 Å². The summed E-state index contributed by atoms with van der Waals surface area (Å²) in [7, 11) is 0. The van der Waals surface area contributed by atoms with E-state index in [1.807, 2.05) is 23.1 Å². The van der Waals surface area contributed by atoms with Crippen LogP contribution < -0.4 is 10.1 Å². The molecule has 0 aliphatic carbocycles. The van der Waals surface area contributed by atoms with Crippen molar-refractivity contribution in [3.05, 3.63) is 23.8 Å². The lowest BCUT2D eigenvalue weighted by molar-refractivity contribution is -0.132. The van der Waals surface area contributed by atoms with E-state index in [0.29, 0.717) is 24.3 Å². The second-order valence-corrected chi connectivity index (χ2v) is 6.23.